The quantitative estimate of drug-likeness (QED) is 0.839. The Morgan fingerprint density at radius 1 is 1.48 bits per heavy atom. The van der Waals surface area contributed by atoms with E-state index in [0.29, 0.717) is 25.8 Å². The maximum atomic E-state index is 11.7. The molecule has 1 heterocycles. The summed E-state index contributed by atoms with van der Waals surface area (Å²) >= 11 is 3.52. The van der Waals surface area contributed by atoms with E-state index in [2.05, 4.69) is 38.3 Å². The molecule has 3 N–H and O–H groups in total. The van der Waals surface area contributed by atoms with Crippen molar-refractivity contribution in [2.24, 2.45) is 5.73 Å². The van der Waals surface area contributed by atoms with Gasteiger partial charge in [-0.25, -0.2) is 0 Å². The van der Waals surface area contributed by atoms with Crippen LogP contribution >= 0.6 is 15.9 Å². The first-order chi connectivity index (χ1) is 10.1. The molecule has 1 aromatic carbocycles. The molecule has 6 heteroatoms. The van der Waals surface area contributed by atoms with Crippen LogP contribution in [0.5, 0.6) is 0 Å². The summed E-state index contributed by atoms with van der Waals surface area (Å²) in [6.07, 6.45) is 2.51. The van der Waals surface area contributed by atoms with E-state index in [1.807, 2.05) is 6.07 Å². The Kier molecular flexibility index (Phi) is 4.47. The molecule has 3 rings (SSSR count). The minimum absolute atomic E-state index is 0.335. The van der Waals surface area contributed by atoms with Crippen LogP contribution in [-0.4, -0.2) is 37.7 Å². The number of hydrogen-bond acceptors (Lipinski definition) is 4. The summed E-state index contributed by atoms with van der Waals surface area (Å²) in [4.78, 5) is 13.7. The summed E-state index contributed by atoms with van der Waals surface area (Å²) in [5.74, 6) is -0.335. The first-order valence-corrected chi connectivity index (χ1v) is 8.10. The average Bonchev–Trinajstić information content (AvgIpc) is 3.29. The number of carbonyl (C=O) groups is 1. The molecule has 0 radical (unpaired) electrons. The molecule has 21 heavy (non-hydrogen) atoms. The van der Waals surface area contributed by atoms with E-state index in [9.17, 15) is 4.79 Å². The van der Waals surface area contributed by atoms with Gasteiger partial charge in [0.25, 0.3) is 0 Å². The second-order valence-electron chi connectivity index (χ2n) is 5.61. The molecule has 0 bridgehead atoms. The lowest BCUT2D eigenvalue weighted by Crippen LogP contribution is -2.53. The van der Waals surface area contributed by atoms with E-state index in [1.165, 1.54) is 18.4 Å². The van der Waals surface area contributed by atoms with E-state index in [4.69, 9.17) is 10.5 Å². The summed E-state index contributed by atoms with van der Waals surface area (Å²) in [6, 6.07) is 6.42. The molecule has 1 saturated heterocycles. The van der Waals surface area contributed by atoms with Crippen LogP contribution in [0.15, 0.2) is 22.7 Å². The number of anilines is 1. The van der Waals surface area contributed by atoms with Gasteiger partial charge in [0.05, 0.1) is 13.2 Å². The number of morpholine rings is 1. The van der Waals surface area contributed by atoms with Crippen LogP contribution in [0, 0.1) is 0 Å². The lowest BCUT2D eigenvalue weighted by atomic mass is 10.1. The standard InChI is InChI=1S/C15H20BrN3O2/c16-11-1-4-13(10(7-11)8-18-12-2-3-12)19-5-6-21-9-14(19)15(17)20/h1,4,7,12,14,18H,2-3,5-6,8-9H2,(H2,17,20). The number of nitrogens with zero attached hydrogens (tertiary/aromatic N) is 1. The lowest BCUT2D eigenvalue weighted by Gasteiger charge is -2.36. The third-order valence-corrected chi connectivity index (χ3v) is 4.46. The number of nitrogens with two attached hydrogens (primary N) is 1. The molecular weight excluding hydrogens is 334 g/mol. The molecule has 1 aliphatic heterocycles. The number of carbonyl (C=O) groups excluding carboxylic acids is 1. The fourth-order valence-corrected chi connectivity index (χ4v) is 3.05. The van der Waals surface area contributed by atoms with Crippen LogP contribution in [0.4, 0.5) is 5.69 Å². The van der Waals surface area contributed by atoms with Crippen molar-refractivity contribution in [2.45, 2.75) is 31.5 Å². The molecule has 5 nitrogen and oxygen atoms in total. The first-order valence-electron chi connectivity index (χ1n) is 7.30. The maximum absolute atomic E-state index is 11.7. The maximum Gasteiger partial charge on any atom is 0.242 e. The number of hydrogen-bond donors (Lipinski definition) is 2. The summed E-state index contributed by atoms with van der Waals surface area (Å²) in [5, 5.41) is 3.53. The Balaban J connectivity index is 1.85. The van der Waals surface area contributed by atoms with Gasteiger partial charge in [0.15, 0.2) is 0 Å². The molecule has 2 fully saturated rings. The number of amides is 1. The summed E-state index contributed by atoms with van der Waals surface area (Å²) in [5.41, 5.74) is 7.77. The van der Waals surface area contributed by atoms with E-state index in [-0.39, 0.29) is 11.9 Å². The highest BCUT2D eigenvalue weighted by Crippen LogP contribution is 2.29. The van der Waals surface area contributed by atoms with Crippen molar-refractivity contribution >= 4 is 27.5 Å². The molecule has 114 valence electrons. The van der Waals surface area contributed by atoms with Crippen molar-refractivity contribution < 1.29 is 9.53 Å². The molecule has 2 aliphatic rings. The van der Waals surface area contributed by atoms with Gasteiger partial charge in [-0.2, -0.15) is 0 Å². The van der Waals surface area contributed by atoms with E-state index < -0.39 is 0 Å². The first kappa shape index (κ1) is 14.8. The van der Waals surface area contributed by atoms with E-state index in [0.717, 1.165) is 16.7 Å². The zero-order chi connectivity index (χ0) is 14.8. The van der Waals surface area contributed by atoms with E-state index in [1.54, 1.807) is 0 Å². The minimum Gasteiger partial charge on any atom is -0.377 e. The van der Waals surface area contributed by atoms with Gasteiger partial charge in [-0.1, -0.05) is 15.9 Å². The molecule has 1 unspecified atom stereocenters. The number of nitrogens with one attached hydrogen (secondary N) is 1. The molecule has 1 aliphatic carbocycles. The predicted molar refractivity (Wildman–Crippen MR) is 85.2 cm³/mol. The highest BCUT2D eigenvalue weighted by molar-refractivity contribution is 9.10. The summed E-state index contributed by atoms with van der Waals surface area (Å²) < 4.78 is 6.44. The second-order valence-corrected chi connectivity index (χ2v) is 6.53. The van der Waals surface area contributed by atoms with Gasteiger partial charge in [0.2, 0.25) is 5.91 Å². The summed E-state index contributed by atoms with van der Waals surface area (Å²) in [6.45, 7) is 2.48. The Morgan fingerprint density at radius 3 is 3.00 bits per heavy atom. The van der Waals surface area contributed by atoms with Crippen molar-refractivity contribution in [2.75, 3.05) is 24.7 Å². The molecule has 0 spiro atoms. The van der Waals surface area contributed by atoms with Crippen LogP contribution in [0.2, 0.25) is 0 Å². The zero-order valence-electron chi connectivity index (χ0n) is 11.8. The number of halogens is 1. The zero-order valence-corrected chi connectivity index (χ0v) is 13.4. The highest BCUT2D eigenvalue weighted by atomic mass is 79.9. The van der Waals surface area contributed by atoms with Gasteiger partial charge in [0, 0.05) is 29.3 Å². The van der Waals surface area contributed by atoms with Gasteiger partial charge in [-0.15, -0.1) is 0 Å². The number of ether oxygens (including phenoxy) is 1. The predicted octanol–water partition coefficient (Wildman–Crippen LogP) is 1.39. The summed E-state index contributed by atoms with van der Waals surface area (Å²) in [7, 11) is 0. The van der Waals surface area contributed by atoms with Gasteiger partial charge in [-0.05, 0) is 36.6 Å². The smallest absolute Gasteiger partial charge is 0.242 e. The Bertz CT molecular complexity index is 534. The normalized spacial score (nSPS) is 22.3. The second kappa shape index (κ2) is 6.34. The number of rotatable bonds is 5. The SMILES string of the molecule is NC(=O)C1COCCN1c1ccc(Br)cc1CNC1CC1. The Hall–Kier alpha value is -1.11. The molecule has 1 atom stereocenters. The van der Waals surface area contributed by atoms with Crippen molar-refractivity contribution in [1.82, 2.24) is 5.32 Å². The fraction of sp³-hybridized carbons (Fsp3) is 0.533. The van der Waals surface area contributed by atoms with Gasteiger partial charge >= 0.3 is 0 Å². The molecule has 0 aromatic heterocycles. The Labute approximate surface area is 132 Å². The van der Waals surface area contributed by atoms with Crippen molar-refractivity contribution in [3.63, 3.8) is 0 Å². The fourth-order valence-electron chi connectivity index (χ4n) is 2.65. The topological polar surface area (TPSA) is 67.6 Å². The van der Waals surface area contributed by atoms with Crippen LogP contribution in [-0.2, 0) is 16.1 Å². The molecule has 1 amide bonds. The Morgan fingerprint density at radius 2 is 2.29 bits per heavy atom. The van der Waals surface area contributed by atoms with E-state index >= 15 is 0 Å². The van der Waals surface area contributed by atoms with Gasteiger partial charge in [0.1, 0.15) is 6.04 Å². The lowest BCUT2D eigenvalue weighted by molar-refractivity contribution is -0.121. The number of benzene rings is 1. The third-order valence-electron chi connectivity index (χ3n) is 3.97. The molecule has 1 aromatic rings. The van der Waals surface area contributed by atoms with Gasteiger partial charge in [-0.3, -0.25) is 4.79 Å². The minimum atomic E-state index is -0.389. The van der Waals surface area contributed by atoms with Crippen molar-refractivity contribution in [3.05, 3.63) is 28.2 Å². The average molecular weight is 354 g/mol. The highest BCUT2D eigenvalue weighted by Gasteiger charge is 2.29. The van der Waals surface area contributed by atoms with Gasteiger partial charge < -0.3 is 20.7 Å². The molecular formula is C15H20BrN3O2. The largest absolute Gasteiger partial charge is 0.377 e. The van der Waals surface area contributed by atoms with Crippen LogP contribution < -0.4 is 16.0 Å². The van der Waals surface area contributed by atoms with Crippen molar-refractivity contribution in [1.29, 1.82) is 0 Å². The van der Waals surface area contributed by atoms with Crippen LogP contribution in [0.1, 0.15) is 18.4 Å². The number of primary amides is 1. The molecule has 1 saturated carbocycles. The monoisotopic (exact) mass is 353 g/mol. The third kappa shape index (κ3) is 3.56. The van der Waals surface area contributed by atoms with Crippen molar-refractivity contribution in [3.8, 4) is 0 Å². The van der Waals surface area contributed by atoms with Crippen LogP contribution in [0.3, 0.4) is 0 Å². The van der Waals surface area contributed by atoms with Crippen LogP contribution in [0.25, 0.3) is 0 Å².